The summed E-state index contributed by atoms with van der Waals surface area (Å²) < 4.78 is 10.9. The smallest absolute Gasteiger partial charge is 0.162 e. The number of phenols is 1. The Balaban J connectivity index is 1.79. The van der Waals surface area contributed by atoms with Crippen LogP contribution in [0.5, 0.6) is 11.5 Å². The van der Waals surface area contributed by atoms with Crippen LogP contribution in [-0.4, -0.2) is 43.2 Å². The van der Waals surface area contributed by atoms with Crippen molar-refractivity contribution in [3.05, 3.63) is 82.7 Å². The van der Waals surface area contributed by atoms with E-state index in [2.05, 4.69) is 24.0 Å². The largest absolute Gasteiger partial charge is 0.508 e. The van der Waals surface area contributed by atoms with Crippen molar-refractivity contribution in [1.29, 1.82) is 0 Å². The molecule has 1 aliphatic heterocycles. The first-order valence-corrected chi connectivity index (χ1v) is 10.7. The number of nitrogens with zero attached hydrogens (tertiary/aromatic N) is 1. The highest BCUT2D eigenvalue weighted by Gasteiger charge is 2.38. The molecule has 0 amide bonds. The van der Waals surface area contributed by atoms with Crippen LogP contribution in [0.3, 0.4) is 0 Å². The van der Waals surface area contributed by atoms with Crippen LogP contribution in [0.25, 0.3) is 0 Å². The lowest BCUT2D eigenvalue weighted by atomic mass is 9.74. The maximum Gasteiger partial charge on any atom is 0.162 e. The molecule has 0 fully saturated rings. The molecule has 0 aromatic heterocycles. The second-order valence-electron chi connectivity index (χ2n) is 8.16. The number of aromatic hydroxyl groups is 1. The van der Waals surface area contributed by atoms with Gasteiger partial charge in [-0.05, 0) is 42.7 Å². The standard InChI is InChI=1S/C26H29NO4/c1-17-13-22(18-7-6-8-20(28)14-18)26-23(27(17)11-12-30-2)15-19(16-24(26)29)21-9-4-5-10-25(21)31-3/h4-10,13-14,19,22,28H,11-12,15-16H2,1-3H3. The van der Waals surface area contributed by atoms with E-state index in [1.165, 1.54) is 0 Å². The van der Waals surface area contributed by atoms with Gasteiger partial charge in [0.15, 0.2) is 5.78 Å². The number of benzene rings is 2. The Hall–Kier alpha value is -3.05. The lowest BCUT2D eigenvalue weighted by molar-refractivity contribution is -0.116. The SMILES string of the molecule is COCCN1C(C)=CC(c2cccc(O)c2)C2=C1CC(c1ccccc1OC)CC2=O. The van der Waals surface area contributed by atoms with Crippen molar-refractivity contribution >= 4 is 5.78 Å². The summed E-state index contributed by atoms with van der Waals surface area (Å²) in [7, 11) is 3.36. The minimum atomic E-state index is -0.160. The maximum atomic E-state index is 13.6. The van der Waals surface area contributed by atoms with Crippen molar-refractivity contribution < 1.29 is 19.4 Å². The molecule has 0 spiro atoms. The number of rotatable bonds is 6. The number of carbonyl (C=O) groups is 1. The van der Waals surface area contributed by atoms with E-state index in [0.717, 1.165) is 40.3 Å². The molecule has 2 aromatic carbocycles. The monoisotopic (exact) mass is 419 g/mol. The molecule has 1 N–H and O–H groups in total. The Morgan fingerprint density at radius 3 is 2.65 bits per heavy atom. The van der Waals surface area contributed by atoms with Crippen LogP contribution in [0, 0.1) is 0 Å². The van der Waals surface area contributed by atoms with Gasteiger partial charge in [0.2, 0.25) is 0 Å². The average molecular weight is 420 g/mol. The zero-order valence-corrected chi connectivity index (χ0v) is 18.3. The molecule has 2 aromatic rings. The summed E-state index contributed by atoms with van der Waals surface area (Å²) >= 11 is 0. The quantitative estimate of drug-likeness (QED) is 0.732. The van der Waals surface area contributed by atoms with Crippen molar-refractivity contribution in [2.24, 2.45) is 0 Å². The first-order valence-electron chi connectivity index (χ1n) is 10.7. The van der Waals surface area contributed by atoms with E-state index >= 15 is 0 Å². The summed E-state index contributed by atoms with van der Waals surface area (Å²) in [5.41, 5.74) is 4.98. The van der Waals surface area contributed by atoms with E-state index in [1.54, 1.807) is 26.4 Å². The fourth-order valence-corrected chi connectivity index (χ4v) is 4.84. The van der Waals surface area contributed by atoms with Crippen molar-refractivity contribution in [3.63, 3.8) is 0 Å². The summed E-state index contributed by atoms with van der Waals surface area (Å²) in [6.07, 6.45) is 3.33. The highest BCUT2D eigenvalue weighted by molar-refractivity contribution is 6.00. The molecule has 2 atom stereocenters. The van der Waals surface area contributed by atoms with Gasteiger partial charge in [0, 0.05) is 48.9 Å². The fraction of sp³-hybridized carbons (Fsp3) is 0.346. The van der Waals surface area contributed by atoms with E-state index < -0.39 is 0 Å². The minimum absolute atomic E-state index is 0.0585. The molecule has 0 saturated heterocycles. The van der Waals surface area contributed by atoms with E-state index in [-0.39, 0.29) is 23.4 Å². The van der Waals surface area contributed by atoms with Gasteiger partial charge in [0.05, 0.1) is 13.7 Å². The summed E-state index contributed by atoms with van der Waals surface area (Å²) in [5.74, 6) is 1.08. The zero-order chi connectivity index (χ0) is 22.0. The molecule has 0 saturated carbocycles. The van der Waals surface area contributed by atoms with E-state index in [4.69, 9.17) is 9.47 Å². The number of hydrogen-bond donors (Lipinski definition) is 1. The Labute approximate surface area is 183 Å². The molecule has 1 aliphatic carbocycles. The van der Waals surface area contributed by atoms with Crippen molar-refractivity contribution in [2.45, 2.75) is 31.6 Å². The molecule has 31 heavy (non-hydrogen) atoms. The molecule has 0 radical (unpaired) electrons. The maximum absolute atomic E-state index is 13.6. The van der Waals surface area contributed by atoms with E-state index in [9.17, 15) is 9.90 Å². The molecular formula is C26H29NO4. The molecule has 2 unspecified atom stereocenters. The third kappa shape index (κ3) is 4.10. The zero-order valence-electron chi connectivity index (χ0n) is 18.3. The first kappa shape index (κ1) is 21.2. The summed E-state index contributed by atoms with van der Waals surface area (Å²) in [5, 5.41) is 10.0. The number of phenolic OH excluding ortho intramolecular Hbond substituents is 1. The van der Waals surface area contributed by atoms with Crippen LogP contribution in [0.4, 0.5) is 0 Å². The molecule has 1 heterocycles. The van der Waals surface area contributed by atoms with Gasteiger partial charge in [-0.2, -0.15) is 0 Å². The van der Waals surface area contributed by atoms with Gasteiger partial charge in [0.1, 0.15) is 11.5 Å². The number of allylic oxidation sites excluding steroid dienone is 4. The van der Waals surface area contributed by atoms with Gasteiger partial charge in [-0.15, -0.1) is 0 Å². The topological polar surface area (TPSA) is 59.0 Å². The summed E-state index contributed by atoms with van der Waals surface area (Å²) in [6.45, 7) is 3.34. The molecule has 4 rings (SSSR count). The average Bonchev–Trinajstić information content (AvgIpc) is 2.77. The minimum Gasteiger partial charge on any atom is -0.508 e. The first-order chi connectivity index (χ1) is 15.0. The van der Waals surface area contributed by atoms with Crippen molar-refractivity contribution in [2.75, 3.05) is 27.4 Å². The molecule has 162 valence electrons. The number of methoxy groups -OCH3 is 2. The molecular weight excluding hydrogens is 390 g/mol. The second kappa shape index (κ2) is 8.98. The Morgan fingerprint density at radius 1 is 1.10 bits per heavy atom. The lowest BCUT2D eigenvalue weighted by Crippen LogP contribution is -2.36. The summed E-state index contributed by atoms with van der Waals surface area (Å²) in [4.78, 5) is 15.8. The summed E-state index contributed by atoms with van der Waals surface area (Å²) in [6, 6.07) is 15.2. The van der Waals surface area contributed by atoms with E-state index in [1.807, 2.05) is 30.3 Å². The lowest BCUT2D eigenvalue weighted by Gasteiger charge is -2.41. The number of ether oxygens (including phenoxy) is 2. The van der Waals surface area contributed by atoms with Gasteiger partial charge in [0.25, 0.3) is 0 Å². The van der Waals surface area contributed by atoms with Crippen molar-refractivity contribution in [3.8, 4) is 11.5 Å². The second-order valence-corrected chi connectivity index (χ2v) is 8.16. The molecule has 5 nitrogen and oxygen atoms in total. The Bertz CT molecular complexity index is 1040. The van der Waals surface area contributed by atoms with Gasteiger partial charge < -0.3 is 19.5 Å². The third-order valence-corrected chi connectivity index (χ3v) is 6.28. The molecule has 0 bridgehead atoms. The number of ketones is 1. The van der Waals surface area contributed by atoms with Crippen molar-refractivity contribution in [1.82, 2.24) is 4.90 Å². The van der Waals surface area contributed by atoms with Crippen LogP contribution < -0.4 is 4.74 Å². The normalized spacial score (nSPS) is 21.1. The Kier molecular flexibility index (Phi) is 6.14. The number of para-hydroxylation sites is 1. The predicted molar refractivity (Wildman–Crippen MR) is 120 cm³/mol. The highest BCUT2D eigenvalue weighted by Crippen LogP contribution is 2.47. The van der Waals surface area contributed by atoms with Gasteiger partial charge >= 0.3 is 0 Å². The van der Waals surface area contributed by atoms with E-state index in [0.29, 0.717) is 19.6 Å². The number of Topliss-reactive ketones (excluding diaryl/α,β-unsaturated/α-hetero) is 1. The van der Waals surface area contributed by atoms with Gasteiger partial charge in [-0.25, -0.2) is 0 Å². The van der Waals surface area contributed by atoms with Crippen LogP contribution in [0.2, 0.25) is 0 Å². The van der Waals surface area contributed by atoms with Crippen LogP contribution in [0.1, 0.15) is 42.7 Å². The number of hydrogen-bond acceptors (Lipinski definition) is 5. The Morgan fingerprint density at radius 2 is 1.90 bits per heavy atom. The van der Waals surface area contributed by atoms with Crippen LogP contribution in [-0.2, 0) is 9.53 Å². The predicted octanol–water partition coefficient (Wildman–Crippen LogP) is 4.75. The van der Waals surface area contributed by atoms with Gasteiger partial charge in [-0.1, -0.05) is 36.4 Å². The highest BCUT2D eigenvalue weighted by atomic mass is 16.5. The molecule has 5 heteroatoms. The van der Waals surface area contributed by atoms with Crippen LogP contribution in [0.15, 0.2) is 71.6 Å². The fourth-order valence-electron chi connectivity index (χ4n) is 4.84. The van der Waals surface area contributed by atoms with Gasteiger partial charge in [-0.3, -0.25) is 4.79 Å². The number of carbonyl (C=O) groups excluding carboxylic acids is 1. The molecule has 2 aliphatic rings. The third-order valence-electron chi connectivity index (χ3n) is 6.28. The van der Waals surface area contributed by atoms with Crippen LogP contribution >= 0.6 is 0 Å².